The maximum Gasteiger partial charge on any atom is 0.305 e. The Morgan fingerprint density at radius 2 is 2.36 bits per heavy atom. The summed E-state index contributed by atoms with van der Waals surface area (Å²) >= 11 is 0. The maximum atomic E-state index is 11.3. The fraction of sp³-hybridized carbons (Fsp3) is 0.750. The van der Waals surface area contributed by atoms with Crippen molar-refractivity contribution in [2.75, 3.05) is 13.7 Å². The van der Waals surface area contributed by atoms with Crippen LogP contribution in [0.1, 0.15) is 19.3 Å². The van der Waals surface area contributed by atoms with Gasteiger partial charge in [-0.25, -0.2) is 5.84 Å². The lowest BCUT2D eigenvalue weighted by Crippen LogP contribution is -2.33. The van der Waals surface area contributed by atoms with Crippen LogP contribution >= 0.6 is 12.4 Å². The SMILES string of the molecule is COC(=O)CC[C@H]1CCN(N)C1=O.Cl. The van der Waals surface area contributed by atoms with Crippen molar-refractivity contribution in [3.05, 3.63) is 0 Å². The fourth-order valence-corrected chi connectivity index (χ4v) is 1.43. The molecule has 1 saturated heterocycles. The third kappa shape index (κ3) is 3.16. The highest BCUT2D eigenvalue weighted by Crippen LogP contribution is 2.20. The molecule has 0 unspecified atom stereocenters. The highest BCUT2D eigenvalue weighted by atomic mass is 35.5. The predicted octanol–water partition coefficient (Wildman–Crippen LogP) is 0.0836. The topological polar surface area (TPSA) is 72.6 Å². The van der Waals surface area contributed by atoms with Crippen LogP contribution in [0, 0.1) is 5.92 Å². The number of methoxy groups -OCH3 is 1. The van der Waals surface area contributed by atoms with Gasteiger partial charge >= 0.3 is 5.97 Å². The average Bonchev–Trinajstić information content (AvgIpc) is 2.44. The van der Waals surface area contributed by atoms with Crippen molar-refractivity contribution in [3.63, 3.8) is 0 Å². The summed E-state index contributed by atoms with van der Waals surface area (Å²) in [5, 5.41) is 1.21. The van der Waals surface area contributed by atoms with Crippen molar-refractivity contribution < 1.29 is 14.3 Å². The fourth-order valence-electron chi connectivity index (χ4n) is 1.43. The van der Waals surface area contributed by atoms with Crippen LogP contribution in [0.3, 0.4) is 0 Å². The first-order valence-electron chi connectivity index (χ1n) is 4.28. The van der Waals surface area contributed by atoms with E-state index in [1.54, 1.807) is 0 Å². The molecular weight excluding hydrogens is 208 g/mol. The van der Waals surface area contributed by atoms with E-state index in [1.165, 1.54) is 12.1 Å². The lowest BCUT2D eigenvalue weighted by molar-refractivity contribution is -0.141. The number of hydrogen-bond acceptors (Lipinski definition) is 4. The summed E-state index contributed by atoms with van der Waals surface area (Å²) in [6, 6.07) is 0. The molecule has 1 rings (SSSR count). The molecule has 0 aromatic heterocycles. The monoisotopic (exact) mass is 222 g/mol. The van der Waals surface area contributed by atoms with Crippen molar-refractivity contribution in [1.82, 2.24) is 5.01 Å². The van der Waals surface area contributed by atoms with E-state index in [-0.39, 0.29) is 30.2 Å². The third-order valence-electron chi connectivity index (χ3n) is 2.28. The van der Waals surface area contributed by atoms with Crippen molar-refractivity contribution in [2.24, 2.45) is 11.8 Å². The molecule has 0 spiro atoms. The van der Waals surface area contributed by atoms with Gasteiger partial charge < -0.3 is 4.74 Å². The summed E-state index contributed by atoms with van der Waals surface area (Å²) in [5.74, 6) is 4.94. The van der Waals surface area contributed by atoms with Crippen LogP contribution in [0.5, 0.6) is 0 Å². The predicted molar refractivity (Wildman–Crippen MR) is 52.5 cm³/mol. The van der Waals surface area contributed by atoms with Gasteiger partial charge in [0.05, 0.1) is 7.11 Å². The standard InChI is InChI=1S/C8H14N2O3.ClH/c1-13-7(11)3-2-6-4-5-10(9)8(6)12;/h6H,2-5,9H2,1H3;1H/t6-;/m0./s1. The zero-order chi connectivity index (χ0) is 9.84. The second kappa shape index (κ2) is 5.82. The van der Waals surface area contributed by atoms with Crippen molar-refractivity contribution in [3.8, 4) is 0 Å². The molecule has 0 aromatic rings. The first-order chi connectivity index (χ1) is 6.15. The number of carbonyl (C=O) groups excluding carboxylic acids is 2. The number of ether oxygens (including phenoxy) is 1. The van der Waals surface area contributed by atoms with Gasteiger partial charge in [0.2, 0.25) is 5.91 Å². The number of nitrogens with zero attached hydrogens (tertiary/aromatic N) is 1. The normalized spacial score (nSPS) is 20.6. The molecule has 0 bridgehead atoms. The molecule has 5 nitrogen and oxygen atoms in total. The van der Waals surface area contributed by atoms with E-state index in [2.05, 4.69) is 4.74 Å². The second-order valence-electron chi connectivity index (χ2n) is 3.13. The van der Waals surface area contributed by atoms with E-state index >= 15 is 0 Å². The number of esters is 1. The minimum Gasteiger partial charge on any atom is -0.469 e. The number of rotatable bonds is 3. The molecule has 6 heteroatoms. The Hall–Kier alpha value is -0.810. The number of hydrazine groups is 1. The van der Waals surface area contributed by atoms with Crippen LogP contribution < -0.4 is 5.84 Å². The Bertz CT molecular complexity index is 223. The van der Waals surface area contributed by atoms with E-state index < -0.39 is 0 Å². The summed E-state index contributed by atoms with van der Waals surface area (Å²) in [6.07, 6.45) is 1.58. The molecule has 2 N–H and O–H groups in total. The highest BCUT2D eigenvalue weighted by molar-refractivity contribution is 5.85. The first-order valence-corrected chi connectivity index (χ1v) is 4.28. The Labute approximate surface area is 88.9 Å². The van der Waals surface area contributed by atoms with Crippen molar-refractivity contribution >= 4 is 24.3 Å². The van der Waals surface area contributed by atoms with E-state index in [0.29, 0.717) is 19.4 Å². The van der Waals surface area contributed by atoms with Crippen LogP contribution in [-0.2, 0) is 14.3 Å². The molecular formula is C8H15ClN2O3. The molecule has 14 heavy (non-hydrogen) atoms. The molecule has 0 aromatic carbocycles. The lowest BCUT2D eigenvalue weighted by Gasteiger charge is -2.08. The first kappa shape index (κ1) is 13.2. The third-order valence-corrected chi connectivity index (χ3v) is 2.28. The zero-order valence-electron chi connectivity index (χ0n) is 8.06. The zero-order valence-corrected chi connectivity index (χ0v) is 8.88. The van der Waals surface area contributed by atoms with Gasteiger partial charge in [-0.3, -0.25) is 14.6 Å². The van der Waals surface area contributed by atoms with Crippen LogP contribution in [0.25, 0.3) is 0 Å². The van der Waals surface area contributed by atoms with Crippen LogP contribution in [0.4, 0.5) is 0 Å². The van der Waals surface area contributed by atoms with Crippen molar-refractivity contribution in [2.45, 2.75) is 19.3 Å². The lowest BCUT2D eigenvalue weighted by atomic mass is 10.0. The molecule has 1 amide bonds. The number of hydrogen-bond donors (Lipinski definition) is 1. The summed E-state index contributed by atoms with van der Waals surface area (Å²) in [6.45, 7) is 0.588. The summed E-state index contributed by atoms with van der Waals surface area (Å²) in [7, 11) is 1.34. The van der Waals surface area contributed by atoms with Crippen LogP contribution in [0.15, 0.2) is 0 Å². The molecule has 1 aliphatic heterocycles. The van der Waals surface area contributed by atoms with E-state index in [1.807, 2.05) is 0 Å². The van der Waals surface area contributed by atoms with Crippen LogP contribution in [0.2, 0.25) is 0 Å². The Morgan fingerprint density at radius 3 is 2.79 bits per heavy atom. The van der Waals surface area contributed by atoms with Gasteiger partial charge in [0.1, 0.15) is 0 Å². The van der Waals surface area contributed by atoms with Gasteiger partial charge in [-0.15, -0.1) is 12.4 Å². The van der Waals surface area contributed by atoms with Gasteiger partial charge in [0.25, 0.3) is 0 Å². The summed E-state index contributed by atoms with van der Waals surface area (Å²) < 4.78 is 4.48. The van der Waals surface area contributed by atoms with Crippen molar-refractivity contribution in [1.29, 1.82) is 0 Å². The van der Waals surface area contributed by atoms with E-state index in [0.717, 1.165) is 6.42 Å². The van der Waals surface area contributed by atoms with Gasteiger partial charge in [0.15, 0.2) is 0 Å². The molecule has 82 valence electrons. The van der Waals surface area contributed by atoms with Gasteiger partial charge in [-0.2, -0.15) is 0 Å². The molecule has 0 aliphatic carbocycles. The maximum absolute atomic E-state index is 11.3. The number of carbonyl (C=O) groups is 2. The minimum absolute atomic E-state index is 0. The second-order valence-corrected chi connectivity index (χ2v) is 3.13. The molecule has 1 heterocycles. The quantitative estimate of drug-likeness (QED) is 0.417. The van der Waals surface area contributed by atoms with Crippen LogP contribution in [-0.4, -0.2) is 30.5 Å². The highest BCUT2D eigenvalue weighted by Gasteiger charge is 2.29. The molecule has 1 fully saturated rings. The summed E-state index contributed by atoms with van der Waals surface area (Å²) in [4.78, 5) is 22.0. The number of amides is 1. The molecule has 0 saturated carbocycles. The minimum atomic E-state index is -0.275. The smallest absolute Gasteiger partial charge is 0.305 e. The largest absolute Gasteiger partial charge is 0.469 e. The van der Waals surface area contributed by atoms with E-state index in [4.69, 9.17) is 5.84 Å². The number of halogens is 1. The molecule has 0 radical (unpaired) electrons. The Balaban J connectivity index is 0.00000169. The van der Waals surface area contributed by atoms with Gasteiger partial charge in [-0.05, 0) is 12.8 Å². The Morgan fingerprint density at radius 1 is 1.71 bits per heavy atom. The van der Waals surface area contributed by atoms with Gasteiger partial charge in [0, 0.05) is 18.9 Å². The molecule has 1 aliphatic rings. The summed E-state index contributed by atoms with van der Waals surface area (Å²) in [5.41, 5.74) is 0. The van der Waals surface area contributed by atoms with E-state index in [9.17, 15) is 9.59 Å². The average molecular weight is 223 g/mol. The Kier molecular flexibility index (Phi) is 5.49. The number of nitrogens with two attached hydrogens (primary N) is 1. The van der Waals surface area contributed by atoms with Gasteiger partial charge in [-0.1, -0.05) is 0 Å². The molecule has 1 atom stereocenters.